The van der Waals surface area contributed by atoms with Crippen LogP contribution < -0.4 is 5.32 Å². The molecule has 2 rings (SSSR count). The summed E-state index contributed by atoms with van der Waals surface area (Å²) in [6.45, 7) is 3.93. The molecule has 3 heteroatoms. The van der Waals surface area contributed by atoms with Crippen molar-refractivity contribution in [2.45, 2.75) is 25.9 Å². The Hall–Kier alpha value is -0.930. The van der Waals surface area contributed by atoms with E-state index in [0.29, 0.717) is 6.61 Å². The highest BCUT2D eigenvalue weighted by atomic mass is 16.5. The number of piperidine rings is 1. The summed E-state index contributed by atoms with van der Waals surface area (Å²) < 4.78 is 5.67. The molecule has 1 aromatic heterocycles. The summed E-state index contributed by atoms with van der Waals surface area (Å²) in [6.07, 6.45) is 7.46. The van der Waals surface area contributed by atoms with Crippen molar-refractivity contribution in [3.63, 3.8) is 0 Å². The molecule has 0 aliphatic carbocycles. The summed E-state index contributed by atoms with van der Waals surface area (Å²) in [5, 5.41) is 3.43. The fourth-order valence-corrected chi connectivity index (χ4v) is 2.09. The van der Waals surface area contributed by atoms with Crippen LogP contribution in [-0.2, 0) is 11.3 Å². The number of aromatic nitrogens is 1. The van der Waals surface area contributed by atoms with Crippen LogP contribution in [0.3, 0.4) is 0 Å². The molecule has 0 spiro atoms. The maximum Gasteiger partial charge on any atom is 0.0717 e. The first-order valence-electron chi connectivity index (χ1n) is 6.12. The van der Waals surface area contributed by atoms with E-state index >= 15 is 0 Å². The lowest BCUT2D eigenvalue weighted by Gasteiger charge is -2.22. The van der Waals surface area contributed by atoms with Crippen LogP contribution in [0.25, 0.3) is 0 Å². The quantitative estimate of drug-likeness (QED) is 0.771. The molecule has 0 saturated carbocycles. The lowest BCUT2D eigenvalue weighted by atomic mass is 9.97. The zero-order valence-electron chi connectivity index (χ0n) is 9.69. The molecule has 1 fully saturated rings. The van der Waals surface area contributed by atoms with Gasteiger partial charge in [0.05, 0.1) is 6.61 Å². The highest BCUT2D eigenvalue weighted by molar-refractivity contribution is 5.07. The second-order valence-corrected chi connectivity index (χ2v) is 4.41. The van der Waals surface area contributed by atoms with E-state index in [9.17, 15) is 0 Å². The van der Waals surface area contributed by atoms with Gasteiger partial charge in [0.1, 0.15) is 0 Å². The van der Waals surface area contributed by atoms with Gasteiger partial charge in [-0.2, -0.15) is 0 Å². The van der Waals surface area contributed by atoms with Crippen LogP contribution in [0.5, 0.6) is 0 Å². The minimum Gasteiger partial charge on any atom is -0.377 e. The third kappa shape index (κ3) is 3.91. The molecule has 2 heterocycles. The van der Waals surface area contributed by atoms with Crippen LogP contribution in [0.2, 0.25) is 0 Å². The maximum atomic E-state index is 5.67. The predicted molar refractivity (Wildman–Crippen MR) is 64.1 cm³/mol. The van der Waals surface area contributed by atoms with Gasteiger partial charge in [-0.1, -0.05) is 0 Å². The number of nitrogens with zero attached hydrogens (tertiary/aromatic N) is 1. The van der Waals surface area contributed by atoms with E-state index in [4.69, 9.17) is 4.74 Å². The number of ether oxygens (including phenoxy) is 1. The highest BCUT2D eigenvalue weighted by Crippen LogP contribution is 2.14. The third-order valence-electron chi connectivity index (χ3n) is 3.09. The van der Waals surface area contributed by atoms with Gasteiger partial charge in [0.25, 0.3) is 0 Å². The van der Waals surface area contributed by atoms with Crippen molar-refractivity contribution in [2.24, 2.45) is 5.92 Å². The van der Waals surface area contributed by atoms with E-state index in [2.05, 4.69) is 10.3 Å². The Labute approximate surface area is 97.2 Å². The van der Waals surface area contributed by atoms with Crippen molar-refractivity contribution in [1.29, 1.82) is 0 Å². The average Bonchev–Trinajstić information content (AvgIpc) is 2.37. The molecular formula is C13H20N2O. The van der Waals surface area contributed by atoms with Gasteiger partial charge in [-0.05, 0) is 56.0 Å². The Morgan fingerprint density at radius 1 is 1.38 bits per heavy atom. The van der Waals surface area contributed by atoms with Gasteiger partial charge in [-0.15, -0.1) is 0 Å². The van der Waals surface area contributed by atoms with Crippen molar-refractivity contribution >= 4 is 0 Å². The topological polar surface area (TPSA) is 34.1 Å². The van der Waals surface area contributed by atoms with Crippen LogP contribution in [0.1, 0.15) is 24.8 Å². The summed E-state index contributed by atoms with van der Waals surface area (Å²) in [4.78, 5) is 3.98. The van der Waals surface area contributed by atoms with Gasteiger partial charge in [0, 0.05) is 19.0 Å². The van der Waals surface area contributed by atoms with E-state index in [0.717, 1.165) is 12.5 Å². The van der Waals surface area contributed by atoms with Crippen molar-refractivity contribution in [2.75, 3.05) is 19.7 Å². The SMILES string of the molecule is c1cc(COCC[C@@H]2CCCNC2)ccn1. The summed E-state index contributed by atoms with van der Waals surface area (Å²) in [6, 6.07) is 4.00. The van der Waals surface area contributed by atoms with Crippen molar-refractivity contribution in [3.05, 3.63) is 30.1 Å². The summed E-state index contributed by atoms with van der Waals surface area (Å²) in [5.41, 5.74) is 1.21. The van der Waals surface area contributed by atoms with Gasteiger partial charge in [-0.3, -0.25) is 4.98 Å². The highest BCUT2D eigenvalue weighted by Gasteiger charge is 2.11. The zero-order chi connectivity index (χ0) is 11.1. The Kier molecular flexibility index (Phi) is 4.77. The van der Waals surface area contributed by atoms with Gasteiger partial charge < -0.3 is 10.1 Å². The molecule has 1 atom stereocenters. The molecule has 0 unspecified atom stereocenters. The Morgan fingerprint density at radius 2 is 2.25 bits per heavy atom. The molecule has 3 nitrogen and oxygen atoms in total. The van der Waals surface area contributed by atoms with Crippen LogP contribution in [0, 0.1) is 5.92 Å². The number of pyridine rings is 1. The molecule has 0 amide bonds. The van der Waals surface area contributed by atoms with E-state index in [1.807, 2.05) is 24.5 Å². The summed E-state index contributed by atoms with van der Waals surface area (Å²) in [7, 11) is 0. The van der Waals surface area contributed by atoms with E-state index < -0.39 is 0 Å². The number of rotatable bonds is 5. The monoisotopic (exact) mass is 220 g/mol. The molecule has 1 saturated heterocycles. The molecule has 1 aromatic rings. The summed E-state index contributed by atoms with van der Waals surface area (Å²) in [5.74, 6) is 0.811. The molecule has 1 aliphatic heterocycles. The van der Waals surface area contributed by atoms with Crippen LogP contribution in [-0.4, -0.2) is 24.7 Å². The van der Waals surface area contributed by atoms with Crippen LogP contribution in [0.4, 0.5) is 0 Å². The molecule has 16 heavy (non-hydrogen) atoms. The fourth-order valence-electron chi connectivity index (χ4n) is 2.09. The Bertz CT molecular complexity index is 283. The molecule has 1 N–H and O–H groups in total. The first-order valence-corrected chi connectivity index (χ1v) is 6.12. The average molecular weight is 220 g/mol. The van der Waals surface area contributed by atoms with Gasteiger partial charge in [-0.25, -0.2) is 0 Å². The van der Waals surface area contributed by atoms with E-state index in [1.165, 1.54) is 37.9 Å². The van der Waals surface area contributed by atoms with Crippen molar-refractivity contribution in [1.82, 2.24) is 10.3 Å². The molecule has 1 aliphatic rings. The summed E-state index contributed by atoms with van der Waals surface area (Å²) >= 11 is 0. The van der Waals surface area contributed by atoms with E-state index in [1.54, 1.807) is 0 Å². The second-order valence-electron chi connectivity index (χ2n) is 4.41. The Balaban J connectivity index is 1.58. The van der Waals surface area contributed by atoms with Crippen molar-refractivity contribution < 1.29 is 4.74 Å². The molecule has 88 valence electrons. The zero-order valence-corrected chi connectivity index (χ0v) is 9.69. The molecule has 0 aromatic carbocycles. The largest absolute Gasteiger partial charge is 0.377 e. The number of hydrogen-bond acceptors (Lipinski definition) is 3. The second kappa shape index (κ2) is 6.61. The maximum absolute atomic E-state index is 5.67. The van der Waals surface area contributed by atoms with Gasteiger partial charge >= 0.3 is 0 Å². The first-order chi connectivity index (χ1) is 7.95. The normalized spacial score (nSPS) is 20.9. The van der Waals surface area contributed by atoms with E-state index in [-0.39, 0.29) is 0 Å². The lowest BCUT2D eigenvalue weighted by molar-refractivity contribution is 0.103. The fraction of sp³-hybridized carbons (Fsp3) is 0.615. The van der Waals surface area contributed by atoms with Gasteiger partial charge in [0.15, 0.2) is 0 Å². The molecule has 0 bridgehead atoms. The third-order valence-corrected chi connectivity index (χ3v) is 3.09. The molecule has 0 radical (unpaired) electrons. The standard InChI is InChI=1S/C13H20N2O/c1-2-12(10-15-6-1)5-9-16-11-13-3-7-14-8-4-13/h3-4,7-8,12,15H,1-2,5-6,9-11H2/t12-/m0/s1. The van der Waals surface area contributed by atoms with Crippen LogP contribution in [0.15, 0.2) is 24.5 Å². The minimum absolute atomic E-state index is 0.711. The number of hydrogen-bond donors (Lipinski definition) is 1. The Morgan fingerprint density at radius 3 is 3.00 bits per heavy atom. The van der Waals surface area contributed by atoms with Gasteiger partial charge in [0.2, 0.25) is 0 Å². The molecular weight excluding hydrogens is 200 g/mol. The lowest BCUT2D eigenvalue weighted by Crippen LogP contribution is -2.30. The van der Waals surface area contributed by atoms with Crippen molar-refractivity contribution in [3.8, 4) is 0 Å². The first kappa shape index (κ1) is 11.6. The number of nitrogens with one attached hydrogen (secondary N) is 1. The smallest absolute Gasteiger partial charge is 0.0717 e. The predicted octanol–water partition coefficient (Wildman–Crippen LogP) is 1.99. The minimum atomic E-state index is 0.711. The van der Waals surface area contributed by atoms with Crippen LogP contribution >= 0.6 is 0 Å².